The van der Waals surface area contributed by atoms with Gasteiger partial charge in [0.05, 0.1) is 18.2 Å². The molecule has 4 heteroatoms. The van der Waals surface area contributed by atoms with E-state index in [-0.39, 0.29) is 12.0 Å². The first-order chi connectivity index (χ1) is 6.69. The van der Waals surface area contributed by atoms with Crippen LogP contribution in [0, 0.1) is 18.3 Å². The number of nitriles is 1. The molecule has 0 aliphatic heterocycles. The zero-order valence-corrected chi connectivity index (χ0v) is 8.45. The van der Waals surface area contributed by atoms with Crippen LogP contribution in [0.2, 0.25) is 0 Å². The summed E-state index contributed by atoms with van der Waals surface area (Å²) in [5, 5.41) is 12.6. The monoisotopic (exact) mass is 191 g/mol. The molecule has 1 aromatic rings. The quantitative estimate of drug-likeness (QED) is 0.716. The Morgan fingerprint density at radius 1 is 1.64 bits per heavy atom. The first-order valence-electron chi connectivity index (χ1n) is 4.63. The van der Waals surface area contributed by atoms with Crippen molar-refractivity contribution in [2.45, 2.75) is 33.2 Å². The second-order valence-electron chi connectivity index (χ2n) is 3.17. The van der Waals surface area contributed by atoms with Crippen molar-refractivity contribution < 1.29 is 0 Å². The average molecular weight is 191 g/mol. The topological polar surface area (TPSA) is 58.7 Å². The Bertz CT molecular complexity index is 414. The molecule has 1 heterocycles. The molecule has 0 aliphatic rings. The van der Waals surface area contributed by atoms with Crippen LogP contribution in [0.1, 0.15) is 24.6 Å². The van der Waals surface area contributed by atoms with Crippen molar-refractivity contribution in [1.29, 1.82) is 5.26 Å². The summed E-state index contributed by atoms with van der Waals surface area (Å²) in [6.07, 6.45) is 1.02. The van der Waals surface area contributed by atoms with Crippen molar-refractivity contribution in [3.63, 3.8) is 0 Å². The summed E-state index contributed by atoms with van der Waals surface area (Å²) in [6.45, 7) is 4.42. The van der Waals surface area contributed by atoms with Gasteiger partial charge in [-0.15, -0.1) is 0 Å². The van der Waals surface area contributed by atoms with Gasteiger partial charge in [0.15, 0.2) is 0 Å². The first-order valence-corrected chi connectivity index (χ1v) is 4.63. The van der Waals surface area contributed by atoms with Crippen LogP contribution in [-0.4, -0.2) is 9.78 Å². The Labute approximate surface area is 82.8 Å². The van der Waals surface area contributed by atoms with E-state index in [0.717, 1.165) is 12.1 Å². The van der Waals surface area contributed by atoms with Gasteiger partial charge < -0.3 is 0 Å². The van der Waals surface area contributed by atoms with Crippen LogP contribution in [0.5, 0.6) is 0 Å². The standard InChI is InChI=1S/C10H13N3O/c1-3-6-13-10(14)9(4-5-11)7-8(2)12-13/h7H,3-4,6H2,1-2H3. The molecular weight excluding hydrogens is 178 g/mol. The molecule has 0 fully saturated rings. The van der Waals surface area contributed by atoms with Gasteiger partial charge in [0.25, 0.3) is 5.56 Å². The van der Waals surface area contributed by atoms with E-state index in [1.165, 1.54) is 4.68 Å². The Balaban J connectivity index is 3.19. The number of hydrogen-bond acceptors (Lipinski definition) is 3. The van der Waals surface area contributed by atoms with Crippen LogP contribution in [0.25, 0.3) is 0 Å². The molecule has 0 spiro atoms. The van der Waals surface area contributed by atoms with Crippen molar-refractivity contribution in [3.05, 3.63) is 27.7 Å². The average Bonchev–Trinajstić information content (AvgIpc) is 2.14. The third kappa shape index (κ3) is 2.19. The molecule has 0 aliphatic carbocycles. The van der Waals surface area contributed by atoms with E-state index in [0.29, 0.717) is 12.1 Å². The molecule has 74 valence electrons. The van der Waals surface area contributed by atoms with Crippen LogP contribution < -0.4 is 5.56 Å². The van der Waals surface area contributed by atoms with Gasteiger partial charge in [0.1, 0.15) is 0 Å². The smallest absolute Gasteiger partial charge is 0.267 e. The fourth-order valence-electron chi connectivity index (χ4n) is 1.32. The number of hydrogen-bond donors (Lipinski definition) is 0. The van der Waals surface area contributed by atoms with E-state index in [1.54, 1.807) is 6.07 Å². The van der Waals surface area contributed by atoms with Gasteiger partial charge in [0, 0.05) is 12.1 Å². The van der Waals surface area contributed by atoms with Crippen LogP contribution >= 0.6 is 0 Å². The molecule has 0 atom stereocenters. The Hall–Kier alpha value is -1.63. The summed E-state index contributed by atoms with van der Waals surface area (Å²) in [6, 6.07) is 3.66. The molecule has 0 unspecified atom stereocenters. The van der Waals surface area contributed by atoms with Crippen molar-refractivity contribution in [1.82, 2.24) is 9.78 Å². The van der Waals surface area contributed by atoms with Gasteiger partial charge in [-0.05, 0) is 19.4 Å². The van der Waals surface area contributed by atoms with Crippen molar-refractivity contribution >= 4 is 0 Å². The zero-order valence-electron chi connectivity index (χ0n) is 8.45. The van der Waals surface area contributed by atoms with Crippen LogP contribution in [-0.2, 0) is 13.0 Å². The molecule has 0 saturated heterocycles. The molecule has 0 bridgehead atoms. The Morgan fingerprint density at radius 3 is 2.93 bits per heavy atom. The van der Waals surface area contributed by atoms with Crippen LogP contribution in [0.15, 0.2) is 10.9 Å². The molecule has 0 amide bonds. The lowest BCUT2D eigenvalue weighted by Crippen LogP contribution is -2.26. The number of nitrogens with zero attached hydrogens (tertiary/aromatic N) is 3. The maximum absolute atomic E-state index is 11.7. The van der Waals surface area contributed by atoms with Gasteiger partial charge in [0.2, 0.25) is 0 Å². The summed E-state index contributed by atoms with van der Waals surface area (Å²) in [4.78, 5) is 11.7. The minimum Gasteiger partial charge on any atom is -0.267 e. The predicted octanol–water partition coefficient (Wildman–Crippen LogP) is 1.03. The fourth-order valence-corrected chi connectivity index (χ4v) is 1.32. The van der Waals surface area contributed by atoms with Gasteiger partial charge in [-0.1, -0.05) is 6.92 Å². The van der Waals surface area contributed by atoms with Gasteiger partial charge in [-0.3, -0.25) is 4.79 Å². The maximum Gasteiger partial charge on any atom is 0.271 e. The molecule has 0 radical (unpaired) electrons. The van der Waals surface area contributed by atoms with Crippen LogP contribution in [0.4, 0.5) is 0 Å². The number of aromatic nitrogens is 2. The highest BCUT2D eigenvalue weighted by molar-refractivity contribution is 5.16. The van der Waals surface area contributed by atoms with E-state index in [2.05, 4.69) is 5.10 Å². The molecule has 4 nitrogen and oxygen atoms in total. The van der Waals surface area contributed by atoms with E-state index >= 15 is 0 Å². The lowest BCUT2D eigenvalue weighted by molar-refractivity contribution is 0.556. The lowest BCUT2D eigenvalue weighted by Gasteiger charge is -2.05. The number of rotatable bonds is 3. The highest BCUT2D eigenvalue weighted by Gasteiger charge is 2.04. The summed E-state index contributed by atoms with van der Waals surface area (Å²) >= 11 is 0. The molecular formula is C10H13N3O. The van der Waals surface area contributed by atoms with Crippen molar-refractivity contribution in [2.75, 3.05) is 0 Å². The van der Waals surface area contributed by atoms with Crippen molar-refractivity contribution in [2.24, 2.45) is 0 Å². The van der Waals surface area contributed by atoms with E-state index in [9.17, 15) is 4.79 Å². The normalized spacial score (nSPS) is 9.79. The van der Waals surface area contributed by atoms with E-state index in [1.807, 2.05) is 19.9 Å². The molecule has 14 heavy (non-hydrogen) atoms. The molecule has 1 rings (SSSR count). The van der Waals surface area contributed by atoms with Gasteiger partial charge in [-0.2, -0.15) is 10.4 Å². The first kappa shape index (κ1) is 10.5. The SMILES string of the molecule is CCCn1nc(C)cc(CC#N)c1=O. The summed E-state index contributed by atoms with van der Waals surface area (Å²) in [5.41, 5.74) is 1.18. The summed E-state index contributed by atoms with van der Waals surface area (Å²) in [5.74, 6) is 0. The van der Waals surface area contributed by atoms with E-state index in [4.69, 9.17) is 5.26 Å². The molecule has 0 N–H and O–H groups in total. The Kier molecular flexibility index (Phi) is 3.41. The highest BCUT2D eigenvalue weighted by atomic mass is 16.1. The molecule has 1 aromatic heterocycles. The maximum atomic E-state index is 11.7. The second kappa shape index (κ2) is 4.56. The third-order valence-electron chi connectivity index (χ3n) is 1.88. The van der Waals surface area contributed by atoms with E-state index < -0.39 is 0 Å². The lowest BCUT2D eigenvalue weighted by atomic mass is 10.2. The summed E-state index contributed by atoms with van der Waals surface area (Å²) < 4.78 is 1.43. The van der Waals surface area contributed by atoms with Gasteiger partial charge in [-0.25, -0.2) is 4.68 Å². The summed E-state index contributed by atoms with van der Waals surface area (Å²) in [7, 11) is 0. The second-order valence-corrected chi connectivity index (χ2v) is 3.17. The largest absolute Gasteiger partial charge is 0.271 e. The number of aryl methyl sites for hydroxylation is 2. The fraction of sp³-hybridized carbons (Fsp3) is 0.500. The minimum absolute atomic E-state index is 0.140. The predicted molar refractivity (Wildman–Crippen MR) is 52.8 cm³/mol. The third-order valence-corrected chi connectivity index (χ3v) is 1.88. The van der Waals surface area contributed by atoms with Crippen LogP contribution in [0.3, 0.4) is 0 Å². The molecule has 0 aromatic carbocycles. The van der Waals surface area contributed by atoms with Gasteiger partial charge >= 0.3 is 0 Å². The Morgan fingerprint density at radius 2 is 2.36 bits per heavy atom. The minimum atomic E-state index is -0.140. The molecule has 0 saturated carbocycles. The zero-order chi connectivity index (χ0) is 10.6. The van der Waals surface area contributed by atoms with Crippen molar-refractivity contribution in [3.8, 4) is 6.07 Å². The highest BCUT2D eigenvalue weighted by Crippen LogP contribution is 1.96.